The van der Waals surface area contributed by atoms with Crippen molar-refractivity contribution in [1.82, 2.24) is 0 Å². The highest BCUT2D eigenvalue weighted by Gasteiger charge is 2.20. The molecule has 0 aliphatic carbocycles. The number of hydrogen-bond acceptors (Lipinski definition) is 4. The molecule has 1 unspecified atom stereocenters. The second kappa shape index (κ2) is 14.5. The minimum absolute atomic E-state index is 0.315. The first-order valence-corrected chi connectivity index (χ1v) is 5.59. The average molecular weight is 240 g/mol. The molecule has 0 aliphatic rings. The molecule has 98 valence electrons. The summed E-state index contributed by atoms with van der Waals surface area (Å²) >= 11 is 0. The summed E-state index contributed by atoms with van der Waals surface area (Å²) in [6, 6.07) is 0. The molecule has 0 aromatic carbocycles. The van der Waals surface area contributed by atoms with E-state index < -0.39 is 0 Å². The van der Waals surface area contributed by atoms with Crippen molar-refractivity contribution >= 4 is 12.2 Å². The largest absolute Gasteiger partial charge is 0.231 e. The Morgan fingerprint density at radius 2 is 1.65 bits per heavy atom. The van der Waals surface area contributed by atoms with Gasteiger partial charge in [0.05, 0.1) is 0 Å². The molecule has 0 saturated heterocycles. The third kappa shape index (κ3) is 17.1. The Kier molecular flexibility index (Phi) is 17.8. The second-order valence-corrected chi connectivity index (χ2v) is 4.27. The van der Waals surface area contributed by atoms with E-state index in [9.17, 15) is 0 Å². The number of carbonyl (C=O) groups excluding carboxylic acids is 2. The summed E-state index contributed by atoms with van der Waals surface area (Å²) in [5.74, 6) is 0.764. The maximum absolute atomic E-state index is 8.35. The molecule has 4 heteroatoms. The molecule has 4 nitrogen and oxygen atoms in total. The molecule has 0 radical (unpaired) electrons. The van der Waals surface area contributed by atoms with E-state index in [1.807, 2.05) is 0 Å². The van der Waals surface area contributed by atoms with Crippen molar-refractivity contribution in [1.29, 1.82) is 10.8 Å². The van der Waals surface area contributed by atoms with E-state index in [-0.39, 0.29) is 0 Å². The van der Waals surface area contributed by atoms with Gasteiger partial charge in [-0.3, -0.25) is 0 Å². The maximum Gasteiger partial charge on any atom is 0.231 e. The Labute approximate surface area is 104 Å². The van der Waals surface area contributed by atoms with Gasteiger partial charge >= 0.3 is 0 Å². The first-order chi connectivity index (χ1) is 7.87. The van der Waals surface area contributed by atoms with Crippen molar-refractivity contribution in [3.05, 3.63) is 12.7 Å². The van der Waals surface area contributed by atoms with Crippen LogP contribution in [0.1, 0.15) is 47.0 Å². The van der Waals surface area contributed by atoms with Gasteiger partial charge in [-0.05, 0) is 17.8 Å². The zero-order valence-corrected chi connectivity index (χ0v) is 11.3. The fourth-order valence-electron chi connectivity index (χ4n) is 1.08. The van der Waals surface area contributed by atoms with Crippen LogP contribution in [0.15, 0.2) is 12.7 Å². The fraction of sp³-hybridized carbons (Fsp3) is 0.692. The molecule has 0 bridgehead atoms. The minimum Gasteiger partial charge on any atom is -0.222 e. The van der Waals surface area contributed by atoms with Crippen LogP contribution in [0, 0.1) is 22.2 Å². The summed E-state index contributed by atoms with van der Waals surface area (Å²) in [4.78, 5) is 16.7. The maximum atomic E-state index is 8.35. The van der Waals surface area contributed by atoms with E-state index in [2.05, 4.69) is 40.3 Å². The van der Waals surface area contributed by atoms with Crippen LogP contribution in [0.4, 0.5) is 0 Å². The standard InChI is InChI=1S/C11H22.2CHNO/c1-6-8-9-10(3)11(4,5)7-2;2*2-1-3/h7,10H,2,6,8-9H2,1,3-5H3;2*2H. The van der Waals surface area contributed by atoms with Gasteiger partial charge in [-0.1, -0.05) is 46.6 Å². The molecular formula is C13H24N2O2. The smallest absolute Gasteiger partial charge is 0.222 e. The monoisotopic (exact) mass is 240 g/mol. The molecule has 0 aromatic heterocycles. The first kappa shape index (κ1) is 20.9. The van der Waals surface area contributed by atoms with E-state index in [4.69, 9.17) is 20.4 Å². The molecule has 1 atom stereocenters. The molecule has 0 saturated carbocycles. The Morgan fingerprint density at radius 1 is 1.29 bits per heavy atom. The average Bonchev–Trinajstić information content (AvgIpc) is 2.28. The molecule has 0 aliphatic heterocycles. The van der Waals surface area contributed by atoms with Gasteiger partial charge in [0.15, 0.2) is 0 Å². The third-order valence-electron chi connectivity index (χ3n) is 2.79. The summed E-state index contributed by atoms with van der Waals surface area (Å²) in [7, 11) is 0. The van der Waals surface area contributed by atoms with Crippen molar-refractivity contribution in [2.45, 2.75) is 47.0 Å². The van der Waals surface area contributed by atoms with Gasteiger partial charge in [-0.2, -0.15) is 0 Å². The molecule has 0 rings (SSSR count). The van der Waals surface area contributed by atoms with Crippen LogP contribution < -0.4 is 0 Å². The van der Waals surface area contributed by atoms with Crippen molar-refractivity contribution in [2.24, 2.45) is 11.3 Å². The number of unbranched alkanes of at least 4 members (excludes halogenated alkanes) is 1. The Bertz CT molecular complexity index is 236. The van der Waals surface area contributed by atoms with Crippen LogP contribution in [0.2, 0.25) is 0 Å². The predicted octanol–water partition coefficient (Wildman–Crippen LogP) is 3.83. The van der Waals surface area contributed by atoms with Gasteiger partial charge in [0.1, 0.15) is 0 Å². The van der Waals surface area contributed by atoms with Crippen LogP contribution in [0.5, 0.6) is 0 Å². The number of isocyanates is 2. The summed E-state index contributed by atoms with van der Waals surface area (Å²) in [6.07, 6.45) is 7.55. The fourth-order valence-corrected chi connectivity index (χ4v) is 1.08. The van der Waals surface area contributed by atoms with Crippen LogP contribution in [0.3, 0.4) is 0 Å². The highest BCUT2D eigenvalue weighted by atomic mass is 16.1. The highest BCUT2D eigenvalue weighted by molar-refractivity contribution is 5.26. The van der Waals surface area contributed by atoms with Gasteiger partial charge in [0, 0.05) is 0 Å². The van der Waals surface area contributed by atoms with E-state index >= 15 is 0 Å². The first-order valence-electron chi connectivity index (χ1n) is 5.59. The van der Waals surface area contributed by atoms with Crippen molar-refractivity contribution < 1.29 is 9.59 Å². The zero-order chi connectivity index (χ0) is 14.3. The molecule has 0 amide bonds. The number of hydrogen-bond donors (Lipinski definition) is 2. The number of rotatable bonds is 5. The summed E-state index contributed by atoms with van der Waals surface area (Å²) < 4.78 is 0. The lowest BCUT2D eigenvalue weighted by Gasteiger charge is -2.28. The zero-order valence-electron chi connectivity index (χ0n) is 11.3. The Hall–Kier alpha value is -1.50. The molecule has 0 fully saturated rings. The summed E-state index contributed by atoms with van der Waals surface area (Å²) in [5, 5.41) is 10.8. The molecule has 2 N–H and O–H groups in total. The molecule has 0 heterocycles. The van der Waals surface area contributed by atoms with E-state index in [1.165, 1.54) is 19.3 Å². The second-order valence-electron chi connectivity index (χ2n) is 4.27. The molecule has 0 aromatic rings. The van der Waals surface area contributed by atoms with Gasteiger partial charge in [0.2, 0.25) is 12.2 Å². The van der Waals surface area contributed by atoms with Gasteiger partial charge in [-0.25, -0.2) is 20.4 Å². The van der Waals surface area contributed by atoms with Crippen LogP contribution >= 0.6 is 0 Å². The lowest BCUT2D eigenvalue weighted by molar-refractivity contribution is 0.284. The third-order valence-corrected chi connectivity index (χ3v) is 2.79. The van der Waals surface area contributed by atoms with Crippen molar-refractivity contribution in [3.8, 4) is 0 Å². The quantitative estimate of drug-likeness (QED) is 0.435. The Morgan fingerprint density at radius 3 is 1.88 bits per heavy atom. The summed E-state index contributed by atoms with van der Waals surface area (Å²) in [5.41, 5.74) is 0.315. The van der Waals surface area contributed by atoms with Crippen molar-refractivity contribution in [2.75, 3.05) is 0 Å². The van der Waals surface area contributed by atoms with Gasteiger partial charge < -0.3 is 0 Å². The van der Waals surface area contributed by atoms with Crippen molar-refractivity contribution in [3.63, 3.8) is 0 Å². The number of allylic oxidation sites excluding steroid dienone is 1. The topological polar surface area (TPSA) is 81.8 Å². The summed E-state index contributed by atoms with van der Waals surface area (Å²) in [6.45, 7) is 13.0. The normalized spacial score (nSPS) is 10.4. The molecular weight excluding hydrogens is 216 g/mol. The van der Waals surface area contributed by atoms with Gasteiger partial charge in [0.25, 0.3) is 0 Å². The highest BCUT2D eigenvalue weighted by Crippen LogP contribution is 2.31. The SMILES string of the molecule is C=CC(C)(C)C(C)CCCC.N=C=O.N=C=O. The van der Waals surface area contributed by atoms with Gasteiger partial charge in [-0.15, -0.1) is 6.58 Å². The number of nitrogens with one attached hydrogen (secondary N) is 2. The van der Waals surface area contributed by atoms with Crippen LogP contribution in [-0.4, -0.2) is 12.2 Å². The van der Waals surface area contributed by atoms with E-state index in [0.717, 1.165) is 18.1 Å². The van der Waals surface area contributed by atoms with E-state index in [0.29, 0.717) is 5.41 Å². The minimum atomic E-state index is 0.315. The predicted molar refractivity (Wildman–Crippen MR) is 69.5 cm³/mol. The molecule has 0 spiro atoms. The lowest BCUT2D eigenvalue weighted by Crippen LogP contribution is -2.18. The van der Waals surface area contributed by atoms with Crippen LogP contribution in [0.25, 0.3) is 0 Å². The Balaban J connectivity index is -0.000000273. The van der Waals surface area contributed by atoms with E-state index in [1.54, 1.807) is 0 Å². The molecule has 17 heavy (non-hydrogen) atoms. The van der Waals surface area contributed by atoms with Crippen LogP contribution in [-0.2, 0) is 9.59 Å². The lowest BCUT2D eigenvalue weighted by atomic mass is 9.78.